The lowest BCUT2D eigenvalue weighted by Crippen LogP contribution is -2.46. The normalized spacial score (nSPS) is 44.7. The van der Waals surface area contributed by atoms with Gasteiger partial charge in [-0.1, -0.05) is 20.8 Å². The molecule has 0 unspecified atom stereocenters. The van der Waals surface area contributed by atoms with Gasteiger partial charge < -0.3 is 10.4 Å². The monoisotopic (exact) mass is 225 g/mol. The zero-order chi connectivity index (χ0) is 12.2. The SMILES string of the molecule is CCNC(=O)[C@]12CC[C@](C)([C@H](O)C1)C2(C)C. The molecule has 1 amide bonds. The van der Waals surface area contributed by atoms with E-state index in [1.54, 1.807) is 0 Å². The Kier molecular flexibility index (Phi) is 2.40. The van der Waals surface area contributed by atoms with Crippen molar-refractivity contribution >= 4 is 5.91 Å². The summed E-state index contributed by atoms with van der Waals surface area (Å²) in [5.74, 6) is 0.139. The fourth-order valence-electron chi connectivity index (χ4n) is 3.96. The van der Waals surface area contributed by atoms with Crippen molar-refractivity contribution in [2.45, 2.75) is 53.1 Å². The zero-order valence-electron chi connectivity index (χ0n) is 10.8. The van der Waals surface area contributed by atoms with Gasteiger partial charge in [-0.2, -0.15) is 0 Å². The number of aliphatic hydroxyl groups excluding tert-OH is 1. The highest BCUT2D eigenvalue weighted by molar-refractivity contribution is 5.85. The van der Waals surface area contributed by atoms with E-state index in [2.05, 4.69) is 26.1 Å². The van der Waals surface area contributed by atoms with Gasteiger partial charge in [0.25, 0.3) is 0 Å². The Bertz CT molecular complexity index is 326. The molecule has 3 heteroatoms. The molecule has 92 valence electrons. The number of rotatable bonds is 2. The fraction of sp³-hybridized carbons (Fsp3) is 0.923. The first-order valence-corrected chi connectivity index (χ1v) is 6.28. The molecular formula is C13H23NO2. The molecule has 2 aliphatic rings. The molecule has 2 rings (SSSR count). The van der Waals surface area contributed by atoms with Crippen molar-refractivity contribution in [1.29, 1.82) is 0 Å². The summed E-state index contributed by atoms with van der Waals surface area (Å²) in [7, 11) is 0. The average molecular weight is 225 g/mol. The Balaban J connectivity index is 2.40. The highest BCUT2D eigenvalue weighted by Gasteiger charge is 2.71. The van der Waals surface area contributed by atoms with Crippen molar-refractivity contribution in [2.75, 3.05) is 6.54 Å². The second-order valence-electron chi connectivity index (χ2n) is 6.20. The Morgan fingerprint density at radius 3 is 2.38 bits per heavy atom. The smallest absolute Gasteiger partial charge is 0.226 e. The number of nitrogens with one attached hydrogen (secondary N) is 1. The van der Waals surface area contributed by atoms with Gasteiger partial charge in [0.15, 0.2) is 0 Å². The van der Waals surface area contributed by atoms with Crippen molar-refractivity contribution in [2.24, 2.45) is 16.2 Å². The highest BCUT2D eigenvalue weighted by Crippen LogP contribution is 2.72. The van der Waals surface area contributed by atoms with Crippen LogP contribution in [0.5, 0.6) is 0 Å². The molecule has 0 saturated heterocycles. The van der Waals surface area contributed by atoms with Gasteiger partial charge in [-0.15, -0.1) is 0 Å². The van der Waals surface area contributed by atoms with Crippen LogP contribution in [0, 0.1) is 16.2 Å². The number of hydrogen-bond acceptors (Lipinski definition) is 2. The standard InChI is InChI=1S/C13H23NO2/c1-5-14-10(16)13-7-6-12(4,9(15)8-13)11(13,2)3/h9,15H,5-8H2,1-4H3,(H,14,16)/t9-,12-,13+/m1/s1. The highest BCUT2D eigenvalue weighted by atomic mass is 16.3. The molecule has 2 fully saturated rings. The van der Waals surface area contributed by atoms with E-state index in [1.807, 2.05) is 6.92 Å². The number of carbonyl (C=O) groups is 1. The average Bonchev–Trinajstić information content (AvgIpc) is 2.48. The lowest BCUT2D eigenvalue weighted by Gasteiger charge is -2.40. The van der Waals surface area contributed by atoms with Crippen molar-refractivity contribution in [3.8, 4) is 0 Å². The number of aliphatic hydroxyl groups is 1. The van der Waals surface area contributed by atoms with Gasteiger partial charge in [0.2, 0.25) is 5.91 Å². The lowest BCUT2D eigenvalue weighted by molar-refractivity contribution is -0.135. The van der Waals surface area contributed by atoms with Crippen LogP contribution in [0.3, 0.4) is 0 Å². The quantitative estimate of drug-likeness (QED) is 0.751. The molecule has 2 N–H and O–H groups in total. The Morgan fingerprint density at radius 2 is 2.00 bits per heavy atom. The molecule has 0 aromatic heterocycles. The van der Waals surface area contributed by atoms with Gasteiger partial charge in [0, 0.05) is 6.54 Å². The van der Waals surface area contributed by atoms with Gasteiger partial charge in [-0.05, 0) is 37.0 Å². The van der Waals surface area contributed by atoms with Crippen molar-refractivity contribution in [3.05, 3.63) is 0 Å². The van der Waals surface area contributed by atoms with Crippen molar-refractivity contribution in [1.82, 2.24) is 5.32 Å². The van der Waals surface area contributed by atoms with Crippen LogP contribution in [-0.4, -0.2) is 23.7 Å². The molecule has 0 radical (unpaired) electrons. The van der Waals surface area contributed by atoms with Crippen LogP contribution in [0.1, 0.15) is 47.0 Å². The van der Waals surface area contributed by atoms with Crippen LogP contribution in [0.2, 0.25) is 0 Å². The van der Waals surface area contributed by atoms with E-state index in [-0.39, 0.29) is 28.3 Å². The first-order chi connectivity index (χ1) is 7.32. The Morgan fingerprint density at radius 1 is 1.38 bits per heavy atom. The molecule has 0 heterocycles. The minimum Gasteiger partial charge on any atom is -0.393 e. The predicted octanol–water partition coefficient (Wildman–Crippen LogP) is 1.70. The summed E-state index contributed by atoms with van der Waals surface area (Å²) in [6.07, 6.45) is 2.17. The van der Waals surface area contributed by atoms with Crippen LogP contribution in [0.25, 0.3) is 0 Å². The van der Waals surface area contributed by atoms with Crippen molar-refractivity contribution in [3.63, 3.8) is 0 Å². The van der Waals surface area contributed by atoms with E-state index in [4.69, 9.17) is 0 Å². The van der Waals surface area contributed by atoms with Crippen LogP contribution in [0.4, 0.5) is 0 Å². The summed E-state index contributed by atoms with van der Waals surface area (Å²) in [5, 5.41) is 13.2. The van der Waals surface area contributed by atoms with E-state index >= 15 is 0 Å². The maximum absolute atomic E-state index is 12.3. The maximum atomic E-state index is 12.3. The molecule has 3 nitrogen and oxygen atoms in total. The van der Waals surface area contributed by atoms with Crippen LogP contribution in [-0.2, 0) is 4.79 Å². The first kappa shape index (κ1) is 11.9. The minimum atomic E-state index is -0.350. The maximum Gasteiger partial charge on any atom is 0.226 e. The molecule has 0 aromatic rings. The largest absolute Gasteiger partial charge is 0.393 e. The van der Waals surface area contributed by atoms with Gasteiger partial charge in [0.05, 0.1) is 11.5 Å². The molecule has 16 heavy (non-hydrogen) atoms. The third-order valence-electron chi connectivity index (χ3n) is 5.74. The summed E-state index contributed by atoms with van der Waals surface area (Å²) in [6.45, 7) is 9.03. The van der Waals surface area contributed by atoms with E-state index < -0.39 is 0 Å². The number of hydrogen-bond donors (Lipinski definition) is 2. The number of carbonyl (C=O) groups excluding carboxylic acids is 1. The van der Waals surface area contributed by atoms with Crippen molar-refractivity contribution < 1.29 is 9.90 Å². The second kappa shape index (κ2) is 3.22. The Labute approximate surface area is 97.6 Å². The van der Waals surface area contributed by atoms with Crippen LogP contribution >= 0.6 is 0 Å². The molecule has 0 aliphatic heterocycles. The zero-order valence-corrected chi connectivity index (χ0v) is 10.8. The third kappa shape index (κ3) is 1.05. The summed E-state index contributed by atoms with van der Waals surface area (Å²) >= 11 is 0. The fourth-order valence-corrected chi connectivity index (χ4v) is 3.96. The number of amides is 1. The predicted molar refractivity (Wildman–Crippen MR) is 62.9 cm³/mol. The minimum absolute atomic E-state index is 0.0991. The van der Waals surface area contributed by atoms with Gasteiger partial charge in [0.1, 0.15) is 0 Å². The summed E-state index contributed by atoms with van der Waals surface area (Å²) in [6, 6.07) is 0. The summed E-state index contributed by atoms with van der Waals surface area (Å²) in [4.78, 5) is 12.3. The molecule has 2 aliphatic carbocycles. The molecule has 0 spiro atoms. The Hall–Kier alpha value is -0.570. The van der Waals surface area contributed by atoms with Crippen LogP contribution < -0.4 is 5.32 Å². The molecular weight excluding hydrogens is 202 g/mol. The first-order valence-electron chi connectivity index (χ1n) is 6.28. The van der Waals surface area contributed by atoms with Gasteiger partial charge in [-0.3, -0.25) is 4.79 Å². The van der Waals surface area contributed by atoms with E-state index in [1.165, 1.54) is 0 Å². The van der Waals surface area contributed by atoms with Gasteiger partial charge in [-0.25, -0.2) is 0 Å². The van der Waals surface area contributed by atoms with Gasteiger partial charge >= 0.3 is 0 Å². The molecule has 2 bridgehead atoms. The number of fused-ring (bicyclic) bond motifs is 2. The topological polar surface area (TPSA) is 49.3 Å². The molecule has 0 aromatic carbocycles. The molecule has 3 atom stereocenters. The lowest BCUT2D eigenvalue weighted by atomic mass is 9.64. The third-order valence-corrected chi connectivity index (χ3v) is 5.74. The summed E-state index contributed by atoms with van der Waals surface area (Å²) in [5.41, 5.74) is -0.562. The summed E-state index contributed by atoms with van der Waals surface area (Å²) < 4.78 is 0. The second-order valence-corrected chi connectivity index (χ2v) is 6.20. The van der Waals surface area contributed by atoms with E-state index in [0.29, 0.717) is 13.0 Å². The van der Waals surface area contributed by atoms with E-state index in [0.717, 1.165) is 12.8 Å². The van der Waals surface area contributed by atoms with Crippen LogP contribution in [0.15, 0.2) is 0 Å². The van der Waals surface area contributed by atoms with E-state index in [9.17, 15) is 9.90 Å². The molecule has 2 saturated carbocycles.